The maximum atomic E-state index is 11.9. The minimum Gasteiger partial charge on any atom is -0.462 e. The normalized spacial score (nSPS) is 11.4. The molecule has 0 saturated heterocycles. The van der Waals surface area contributed by atoms with Gasteiger partial charge in [0, 0.05) is 29.7 Å². The van der Waals surface area contributed by atoms with E-state index in [0.29, 0.717) is 6.61 Å². The largest absolute Gasteiger partial charge is 0.462 e. The summed E-state index contributed by atoms with van der Waals surface area (Å²) in [5.41, 5.74) is 1.93. The van der Waals surface area contributed by atoms with Crippen molar-refractivity contribution in [3.63, 3.8) is 0 Å². The number of aromatic nitrogens is 1. The number of ether oxygens (including phenoxy) is 1. The van der Waals surface area contributed by atoms with E-state index in [2.05, 4.69) is 0 Å². The van der Waals surface area contributed by atoms with E-state index in [0.717, 1.165) is 29.3 Å². The summed E-state index contributed by atoms with van der Waals surface area (Å²) in [6, 6.07) is 9.79. The molecule has 1 heterocycles. The standard InChI is InChI=1S/C17H18N2O2/c1-3-4-9-21-17(20)13(11-18)10-14-12-19(2)16-8-6-5-7-15(14)16/h5-8,10,12H,3-4,9H2,1-2H3. The zero-order valence-corrected chi connectivity index (χ0v) is 12.3. The van der Waals surface area contributed by atoms with Crippen molar-refractivity contribution in [2.24, 2.45) is 7.05 Å². The summed E-state index contributed by atoms with van der Waals surface area (Å²) in [4.78, 5) is 11.9. The lowest BCUT2D eigenvalue weighted by molar-refractivity contribution is -0.138. The molecule has 1 aromatic heterocycles. The third-order valence-electron chi connectivity index (χ3n) is 3.30. The first-order chi connectivity index (χ1) is 10.2. The topological polar surface area (TPSA) is 55.0 Å². The molecule has 0 N–H and O–H groups in total. The number of unbranched alkanes of at least 4 members (excludes halogenated alkanes) is 1. The van der Waals surface area contributed by atoms with E-state index in [1.807, 2.05) is 55.1 Å². The van der Waals surface area contributed by atoms with Gasteiger partial charge in [-0.2, -0.15) is 5.26 Å². The number of nitrogens with zero attached hydrogens (tertiary/aromatic N) is 2. The first-order valence-corrected chi connectivity index (χ1v) is 7.00. The zero-order valence-electron chi connectivity index (χ0n) is 12.3. The van der Waals surface area contributed by atoms with Gasteiger partial charge in [-0.15, -0.1) is 0 Å². The summed E-state index contributed by atoms with van der Waals surface area (Å²) in [6.07, 6.45) is 5.25. The van der Waals surface area contributed by atoms with Gasteiger partial charge in [-0.05, 0) is 18.6 Å². The van der Waals surface area contributed by atoms with Gasteiger partial charge in [-0.1, -0.05) is 31.5 Å². The lowest BCUT2D eigenvalue weighted by atomic mass is 10.1. The van der Waals surface area contributed by atoms with Gasteiger partial charge in [0.2, 0.25) is 0 Å². The SMILES string of the molecule is CCCCOC(=O)C(C#N)=Cc1cn(C)c2ccccc12. The fraction of sp³-hybridized carbons (Fsp3) is 0.294. The molecule has 0 atom stereocenters. The molecule has 0 spiro atoms. The quantitative estimate of drug-likeness (QED) is 0.365. The summed E-state index contributed by atoms with van der Waals surface area (Å²) in [5, 5.41) is 10.2. The van der Waals surface area contributed by atoms with E-state index < -0.39 is 5.97 Å². The van der Waals surface area contributed by atoms with Gasteiger partial charge in [0.05, 0.1) is 6.61 Å². The third kappa shape index (κ3) is 3.32. The monoisotopic (exact) mass is 282 g/mol. The summed E-state index contributed by atoms with van der Waals surface area (Å²) >= 11 is 0. The van der Waals surface area contributed by atoms with Crippen LogP contribution >= 0.6 is 0 Å². The van der Waals surface area contributed by atoms with E-state index in [-0.39, 0.29) is 5.57 Å². The van der Waals surface area contributed by atoms with Gasteiger partial charge < -0.3 is 9.30 Å². The smallest absolute Gasteiger partial charge is 0.348 e. The highest BCUT2D eigenvalue weighted by atomic mass is 16.5. The molecule has 0 aliphatic heterocycles. The van der Waals surface area contributed by atoms with E-state index in [4.69, 9.17) is 10.00 Å². The van der Waals surface area contributed by atoms with Crippen molar-refractivity contribution >= 4 is 22.9 Å². The van der Waals surface area contributed by atoms with Crippen LogP contribution in [0.2, 0.25) is 0 Å². The number of carbonyl (C=O) groups is 1. The lowest BCUT2D eigenvalue weighted by Crippen LogP contribution is -2.07. The molecule has 4 heteroatoms. The highest BCUT2D eigenvalue weighted by molar-refractivity contribution is 6.01. The molecule has 0 saturated carbocycles. The lowest BCUT2D eigenvalue weighted by Gasteiger charge is -2.02. The van der Waals surface area contributed by atoms with Crippen LogP contribution in [-0.4, -0.2) is 17.1 Å². The molecule has 0 aliphatic rings. The van der Waals surface area contributed by atoms with Crippen molar-refractivity contribution in [1.82, 2.24) is 4.57 Å². The van der Waals surface area contributed by atoms with E-state index >= 15 is 0 Å². The molecule has 108 valence electrons. The van der Waals surface area contributed by atoms with E-state index in [1.54, 1.807) is 6.08 Å². The molecule has 2 rings (SSSR count). The van der Waals surface area contributed by atoms with Crippen LogP contribution in [0.3, 0.4) is 0 Å². The Bertz CT molecular complexity index is 720. The molecule has 21 heavy (non-hydrogen) atoms. The number of fused-ring (bicyclic) bond motifs is 1. The van der Waals surface area contributed by atoms with Gasteiger partial charge in [-0.3, -0.25) is 0 Å². The predicted octanol–water partition coefficient (Wildman–Crippen LogP) is 3.43. The Morgan fingerprint density at radius 2 is 2.19 bits per heavy atom. The molecule has 1 aromatic carbocycles. The van der Waals surface area contributed by atoms with Crippen molar-refractivity contribution in [3.05, 3.63) is 41.6 Å². The highest BCUT2D eigenvalue weighted by Crippen LogP contribution is 2.22. The molecule has 4 nitrogen and oxygen atoms in total. The number of benzene rings is 1. The summed E-state index contributed by atoms with van der Waals surface area (Å²) < 4.78 is 7.06. The molecule has 0 amide bonds. The maximum absolute atomic E-state index is 11.9. The molecular weight excluding hydrogens is 264 g/mol. The van der Waals surface area contributed by atoms with Crippen LogP contribution in [0.1, 0.15) is 25.3 Å². The van der Waals surface area contributed by atoms with Crippen LogP contribution in [0.5, 0.6) is 0 Å². The number of rotatable bonds is 5. The Hall–Kier alpha value is -2.54. The van der Waals surface area contributed by atoms with Crippen LogP contribution < -0.4 is 0 Å². The number of nitriles is 1. The fourth-order valence-corrected chi connectivity index (χ4v) is 2.17. The van der Waals surface area contributed by atoms with Crippen LogP contribution in [0.4, 0.5) is 0 Å². The third-order valence-corrected chi connectivity index (χ3v) is 3.30. The van der Waals surface area contributed by atoms with Crippen molar-refractivity contribution in [2.75, 3.05) is 6.61 Å². The van der Waals surface area contributed by atoms with Gasteiger partial charge in [0.15, 0.2) is 0 Å². The Morgan fingerprint density at radius 3 is 2.90 bits per heavy atom. The summed E-state index contributed by atoms with van der Waals surface area (Å²) in [5.74, 6) is -0.557. The van der Waals surface area contributed by atoms with Crippen molar-refractivity contribution in [1.29, 1.82) is 5.26 Å². The van der Waals surface area contributed by atoms with E-state index in [1.165, 1.54) is 0 Å². The number of hydrogen-bond donors (Lipinski definition) is 0. The van der Waals surface area contributed by atoms with Gasteiger partial charge in [0.1, 0.15) is 11.6 Å². The van der Waals surface area contributed by atoms with E-state index in [9.17, 15) is 4.79 Å². The second-order valence-electron chi connectivity index (χ2n) is 4.87. The number of hydrogen-bond acceptors (Lipinski definition) is 3. The minimum atomic E-state index is -0.557. The molecule has 0 aliphatic carbocycles. The Morgan fingerprint density at radius 1 is 1.43 bits per heavy atom. The number of esters is 1. The Labute approximate surface area is 124 Å². The first kappa shape index (κ1) is 14.9. The Kier molecular flexibility index (Phi) is 4.78. The van der Waals surface area contributed by atoms with Crippen molar-refractivity contribution in [2.45, 2.75) is 19.8 Å². The molecule has 0 radical (unpaired) electrons. The first-order valence-electron chi connectivity index (χ1n) is 7.00. The molecule has 0 fully saturated rings. The van der Waals surface area contributed by atoms with Crippen LogP contribution in [0, 0.1) is 11.3 Å². The van der Waals surface area contributed by atoms with Crippen LogP contribution in [-0.2, 0) is 16.6 Å². The highest BCUT2D eigenvalue weighted by Gasteiger charge is 2.12. The maximum Gasteiger partial charge on any atom is 0.348 e. The number of carbonyl (C=O) groups excluding carboxylic acids is 1. The van der Waals surface area contributed by atoms with Gasteiger partial charge in [-0.25, -0.2) is 4.79 Å². The van der Waals surface area contributed by atoms with Crippen LogP contribution in [0.25, 0.3) is 17.0 Å². The number of para-hydroxylation sites is 1. The average molecular weight is 282 g/mol. The van der Waals surface area contributed by atoms with Crippen molar-refractivity contribution in [3.8, 4) is 6.07 Å². The minimum absolute atomic E-state index is 0.0301. The second-order valence-corrected chi connectivity index (χ2v) is 4.87. The van der Waals surface area contributed by atoms with Gasteiger partial charge in [0.25, 0.3) is 0 Å². The average Bonchev–Trinajstić information content (AvgIpc) is 2.82. The predicted molar refractivity (Wildman–Crippen MR) is 82.4 cm³/mol. The fourth-order valence-electron chi connectivity index (χ4n) is 2.17. The Balaban J connectivity index is 2.30. The van der Waals surface area contributed by atoms with Crippen molar-refractivity contribution < 1.29 is 9.53 Å². The molecule has 0 unspecified atom stereocenters. The zero-order chi connectivity index (χ0) is 15.2. The van der Waals surface area contributed by atoms with Gasteiger partial charge >= 0.3 is 5.97 Å². The molecule has 2 aromatic rings. The summed E-state index contributed by atoms with van der Waals surface area (Å²) in [6.45, 7) is 2.37. The second kappa shape index (κ2) is 6.76. The van der Waals surface area contributed by atoms with Crippen LogP contribution in [0.15, 0.2) is 36.0 Å². The summed E-state index contributed by atoms with van der Waals surface area (Å²) in [7, 11) is 1.94. The number of aryl methyl sites for hydroxylation is 1. The molecular formula is C17H18N2O2. The molecule has 0 bridgehead atoms.